The number of hydrogen-bond acceptors (Lipinski definition) is 6. The molecule has 1 unspecified atom stereocenters. The van der Waals surface area contributed by atoms with Crippen LogP contribution in [0.4, 0.5) is 5.13 Å². The van der Waals surface area contributed by atoms with Gasteiger partial charge in [0, 0.05) is 45.7 Å². The minimum atomic E-state index is -0.225. The van der Waals surface area contributed by atoms with Gasteiger partial charge in [0.2, 0.25) is 16.9 Å². The molecule has 0 bridgehead atoms. The van der Waals surface area contributed by atoms with Gasteiger partial charge in [-0.2, -0.15) is 0 Å². The molecule has 1 atom stereocenters. The molecule has 142 valence electrons. The molecule has 2 amide bonds. The SMILES string of the molecule is Cc1nnc(N2CCN(C(=O)C3CC(=O)N(Cc4ccccc4)C3)CC2)s1. The van der Waals surface area contributed by atoms with Gasteiger partial charge in [-0.15, -0.1) is 10.2 Å². The molecule has 2 aliphatic rings. The summed E-state index contributed by atoms with van der Waals surface area (Å²) in [6.07, 6.45) is 0.321. The first-order valence-corrected chi connectivity index (χ1v) is 10.1. The molecule has 4 rings (SSSR count). The van der Waals surface area contributed by atoms with Crippen molar-refractivity contribution < 1.29 is 9.59 Å². The van der Waals surface area contributed by atoms with Crippen molar-refractivity contribution in [2.45, 2.75) is 19.9 Å². The maximum Gasteiger partial charge on any atom is 0.228 e. The highest BCUT2D eigenvalue weighted by molar-refractivity contribution is 7.15. The van der Waals surface area contributed by atoms with Crippen LogP contribution in [0.5, 0.6) is 0 Å². The zero-order valence-electron chi connectivity index (χ0n) is 15.4. The van der Waals surface area contributed by atoms with Crippen LogP contribution < -0.4 is 4.90 Å². The zero-order valence-corrected chi connectivity index (χ0v) is 16.2. The monoisotopic (exact) mass is 385 g/mol. The quantitative estimate of drug-likeness (QED) is 0.799. The van der Waals surface area contributed by atoms with Gasteiger partial charge in [0.25, 0.3) is 0 Å². The Hall–Kier alpha value is -2.48. The third-order valence-electron chi connectivity index (χ3n) is 5.16. The van der Waals surface area contributed by atoms with E-state index in [1.54, 1.807) is 16.2 Å². The number of rotatable bonds is 4. The highest BCUT2D eigenvalue weighted by Crippen LogP contribution is 2.25. The van der Waals surface area contributed by atoms with Crippen LogP contribution >= 0.6 is 11.3 Å². The molecule has 0 aliphatic carbocycles. The third kappa shape index (κ3) is 3.95. The second-order valence-corrected chi connectivity index (χ2v) is 8.24. The summed E-state index contributed by atoms with van der Waals surface area (Å²) in [4.78, 5) is 31.1. The lowest BCUT2D eigenvalue weighted by Gasteiger charge is -2.35. The van der Waals surface area contributed by atoms with Crippen LogP contribution in [0.25, 0.3) is 0 Å². The molecule has 2 fully saturated rings. The van der Waals surface area contributed by atoms with Gasteiger partial charge in [-0.3, -0.25) is 9.59 Å². The molecule has 27 heavy (non-hydrogen) atoms. The number of aromatic nitrogens is 2. The first-order valence-electron chi connectivity index (χ1n) is 9.25. The zero-order chi connectivity index (χ0) is 18.8. The fourth-order valence-corrected chi connectivity index (χ4v) is 4.42. The van der Waals surface area contributed by atoms with E-state index in [2.05, 4.69) is 15.1 Å². The van der Waals surface area contributed by atoms with E-state index in [-0.39, 0.29) is 17.7 Å². The molecule has 2 saturated heterocycles. The molecular weight excluding hydrogens is 362 g/mol. The predicted octanol–water partition coefficient (Wildman–Crippen LogP) is 1.54. The van der Waals surface area contributed by atoms with Gasteiger partial charge < -0.3 is 14.7 Å². The summed E-state index contributed by atoms with van der Waals surface area (Å²) in [5.74, 6) is -0.0521. The Bertz CT molecular complexity index is 817. The molecule has 8 heteroatoms. The van der Waals surface area contributed by atoms with Crippen LogP contribution in [0.15, 0.2) is 30.3 Å². The normalized spacial score (nSPS) is 20.4. The summed E-state index contributed by atoms with van der Waals surface area (Å²) in [5, 5.41) is 10.1. The molecule has 0 spiro atoms. The van der Waals surface area contributed by atoms with Gasteiger partial charge in [0.05, 0.1) is 5.92 Å². The van der Waals surface area contributed by atoms with E-state index in [0.717, 1.165) is 28.8 Å². The Labute approximate surface area is 162 Å². The number of carbonyl (C=O) groups excluding carboxylic acids is 2. The second kappa shape index (κ2) is 7.64. The summed E-state index contributed by atoms with van der Waals surface area (Å²) < 4.78 is 0. The van der Waals surface area contributed by atoms with Crippen LogP contribution in [0.3, 0.4) is 0 Å². The molecule has 1 aromatic heterocycles. The summed E-state index contributed by atoms with van der Waals surface area (Å²) in [7, 11) is 0. The number of piperazine rings is 1. The van der Waals surface area contributed by atoms with Gasteiger partial charge in [-0.25, -0.2) is 0 Å². The average Bonchev–Trinajstić information content (AvgIpc) is 3.28. The number of likely N-dealkylation sites (tertiary alicyclic amines) is 1. The fourth-order valence-electron chi connectivity index (χ4n) is 3.68. The average molecular weight is 385 g/mol. The highest BCUT2D eigenvalue weighted by atomic mass is 32.1. The van der Waals surface area contributed by atoms with Gasteiger partial charge in [-0.05, 0) is 12.5 Å². The smallest absolute Gasteiger partial charge is 0.228 e. The number of anilines is 1. The molecule has 0 saturated carbocycles. The Balaban J connectivity index is 1.32. The third-order valence-corrected chi connectivity index (χ3v) is 6.06. The lowest BCUT2D eigenvalue weighted by atomic mass is 10.1. The molecule has 2 aliphatic heterocycles. The molecule has 1 aromatic carbocycles. The Morgan fingerprint density at radius 3 is 2.56 bits per heavy atom. The number of nitrogens with zero attached hydrogens (tertiary/aromatic N) is 5. The topological polar surface area (TPSA) is 69.6 Å². The molecule has 0 N–H and O–H groups in total. The van der Waals surface area contributed by atoms with Crippen molar-refractivity contribution in [3.63, 3.8) is 0 Å². The van der Waals surface area contributed by atoms with Gasteiger partial charge >= 0.3 is 0 Å². The Morgan fingerprint density at radius 2 is 1.89 bits per heavy atom. The fraction of sp³-hybridized carbons (Fsp3) is 0.474. The van der Waals surface area contributed by atoms with E-state index in [1.807, 2.05) is 42.2 Å². The highest BCUT2D eigenvalue weighted by Gasteiger charge is 2.37. The molecule has 7 nitrogen and oxygen atoms in total. The van der Waals surface area contributed by atoms with Crippen LogP contribution in [0.1, 0.15) is 17.0 Å². The van der Waals surface area contributed by atoms with Gasteiger partial charge in [0.1, 0.15) is 5.01 Å². The number of carbonyl (C=O) groups is 2. The van der Waals surface area contributed by atoms with Crippen LogP contribution in [0, 0.1) is 12.8 Å². The van der Waals surface area contributed by atoms with E-state index in [9.17, 15) is 9.59 Å². The Morgan fingerprint density at radius 1 is 1.15 bits per heavy atom. The van der Waals surface area contributed by atoms with E-state index < -0.39 is 0 Å². The summed E-state index contributed by atoms with van der Waals surface area (Å²) >= 11 is 1.58. The largest absolute Gasteiger partial charge is 0.343 e. The maximum absolute atomic E-state index is 12.9. The van der Waals surface area contributed by atoms with E-state index >= 15 is 0 Å². The standard InChI is InChI=1S/C19H23N5O2S/c1-14-20-21-19(27-14)23-9-7-22(8-10-23)18(26)16-11-17(25)24(13-16)12-15-5-3-2-4-6-15/h2-6,16H,7-13H2,1H3. The number of amides is 2. The van der Waals surface area contributed by atoms with Crippen LogP contribution in [-0.4, -0.2) is 64.5 Å². The number of aryl methyl sites for hydroxylation is 1. The van der Waals surface area contributed by atoms with Crippen molar-refractivity contribution >= 4 is 28.3 Å². The number of benzene rings is 1. The van der Waals surface area contributed by atoms with E-state index in [0.29, 0.717) is 32.6 Å². The first kappa shape index (κ1) is 17.9. The molecule has 0 radical (unpaired) electrons. The summed E-state index contributed by atoms with van der Waals surface area (Å²) in [6, 6.07) is 9.92. The van der Waals surface area contributed by atoms with Crippen molar-refractivity contribution in [2.75, 3.05) is 37.6 Å². The van der Waals surface area contributed by atoms with Crippen molar-refractivity contribution in [3.05, 3.63) is 40.9 Å². The predicted molar refractivity (Wildman–Crippen MR) is 103 cm³/mol. The summed E-state index contributed by atoms with van der Waals surface area (Å²) in [5.41, 5.74) is 1.10. The van der Waals surface area contributed by atoms with Gasteiger partial charge in [0.15, 0.2) is 0 Å². The maximum atomic E-state index is 12.9. The molecular formula is C19H23N5O2S. The minimum absolute atomic E-state index is 0.0696. The lowest BCUT2D eigenvalue weighted by molar-refractivity contribution is -0.136. The summed E-state index contributed by atoms with van der Waals surface area (Å²) in [6.45, 7) is 5.89. The van der Waals surface area contributed by atoms with Gasteiger partial charge in [-0.1, -0.05) is 41.7 Å². The van der Waals surface area contributed by atoms with Crippen LogP contribution in [0.2, 0.25) is 0 Å². The van der Waals surface area contributed by atoms with Crippen molar-refractivity contribution in [1.82, 2.24) is 20.0 Å². The second-order valence-electron chi connectivity index (χ2n) is 7.08. The first-order chi connectivity index (χ1) is 13.1. The van der Waals surface area contributed by atoms with E-state index in [4.69, 9.17) is 0 Å². The molecule has 2 aromatic rings. The Kier molecular flexibility index (Phi) is 5.07. The molecule has 3 heterocycles. The number of hydrogen-bond donors (Lipinski definition) is 0. The van der Waals surface area contributed by atoms with E-state index in [1.165, 1.54) is 0 Å². The van der Waals surface area contributed by atoms with Crippen molar-refractivity contribution in [3.8, 4) is 0 Å². The lowest BCUT2D eigenvalue weighted by Crippen LogP contribution is -2.50. The van der Waals surface area contributed by atoms with Crippen molar-refractivity contribution in [2.24, 2.45) is 5.92 Å². The van der Waals surface area contributed by atoms with Crippen LogP contribution in [-0.2, 0) is 16.1 Å². The van der Waals surface area contributed by atoms with Crippen molar-refractivity contribution in [1.29, 1.82) is 0 Å². The minimum Gasteiger partial charge on any atom is -0.343 e.